The van der Waals surface area contributed by atoms with E-state index in [1.807, 2.05) is 32.0 Å². The van der Waals surface area contributed by atoms with Crippen LogP contribution in [0.1, 0.15) is 18.1 Å². The first-order valence-corrected chi connectivity index (χ1v) is 7.45. The molecular weight excluding hydrogens is 278 g/mol. The molecular formula is C18H19NO3. The highest BCUT2D eigenvalue weighted by atomic mass is 16.5. The van der Waals surface area contributed by atoms with E-state index in [0.717, 1.165) is 11.1 Å². The van der Waals surface area contributed by atoms with Crippen LogP contribution in [0.2, 0.25) is 0 Å². The van der Waals surface area contributed by atoms with Crippen molar-refractivity contribution in [2.45, 2.75) is 26.4 Å². The number of anilines is 1. The Kier molecular flexibility index (Phi) is 3.75. The fraction of sp³-hybridized carbons (Fsp3) is 0.278. The number of phenolic OH excluding ortho intramolecular Hbond substituents is 1. The molecule has 1 heterocycles. The molecule has 2 aromatic rings. The monoisotopic (exact) mass is 297 g/mol. The van der Waals surface area contributed by atoms with Gasteiger partial charge in [0.1, 0.15) is 11.5 Å². The standard InChI is InChI=1S/C18H19NO3/c1-3-19-15-8-7-14(20)11-16(15)22-17(18(19)21)10-13-6-4-5-12(2)9-13/h4-9,11,17,20H,3,10H2,1-2H3. The van der Waals surface area contributed by atoms with Crippen molar-refractivity contribution in [2.75, 3.05) is 11.4 Å². The van der Waals surface area contributed by atoms with Crippen molar-refractivity contribution >= 4 is 11.6 Å². The van der Waals surface area contributed by atoms with E-state index in [-0.39, 0.29) is 11.7 Å². The Morgan fingerprint density at radius 1 is 1.23 bits per heavy atom. The van der Waals surface area contributed by atoms with Crippen LogP contribution in [0.15, 0.2) is 42.5 Å². The van der Waals surface area contributed by atoms with Gasteiger partial charge in [-0.05, 0) is 31.5 Å². The minimum Gasteiger partial charge on any atom is -0.508 e. The maximum absolute atomic E-state index is 12.6. The molecule has 0 saturated carbocycles. The number of carbonyl (C=O) groups is 1. The van der Waals surface area contributed by atoms with Crippen molar-refractivity contribution in [3.05, 3.63) is 53.6 Å². The fourth-order valence-corrected chi connectivity index (χ4v) is 2.82. The molecule has 0 spiro atoms. The van der Waals surface area contributed by atoms with Gasteiger partial charge in [-0.25, -0.2) is 0 Å². The summed E-state index contributed by atoms with van der Waals surface area (Å²) in [4.78, 5) is 14.3. The van der Waals surface area contributed by atoms with Crippen molar-refractivity contribution < 1.29 is 14.6 Å². The smallest absolute Gasteiger partial charge is 0.268 e. The largest absolute Gasteiger partial charge is 0.508 e. The van der Waals surface area contributed by atoms with Crippen LogP contribution in [0.25, 0.3) is 0 Å². The van der Waals surface area contributed by atoms with E-state index >= 15 is 0 Å². The van der Waals surface area contributed by atoms with E-state index in [1.54, 1.807) is 23.1 Å². The lowest BCUT2D eigenvalue weighted by Crippen LogP contribution is -2.46. The number of amides is 1. The van der Waals surface area contributed by atoms with Crippen molar-refractivity contribution in [3.8, 4) is 11.5 Å². The van der Waals surface area contributed by atoms with Crippen LogP contribution in [0.3, 0.4) is 0 Å². The van der Waals surface area contributed by atoms with Gasteiger partial charge in [0, 0.05) is 19.0 Å². The predicted octanol–water partition coefficient (Wildman–Crippen LogP) is 3.06. The second-order valence-electron chi connectivity index (χ2n) is 5.53. The van der Waals surface area contributed by atoms with E-state index in [0.29, 0.717) is 24.4 Å². The molecule has 1 aliphatic rings. The van der Waals surface area contributed by atoms with Crippen molar-refractivity contribution in [1.82, 2.24) is 0 Å². The zero-order chi connectivity index (χ0) is 15.7. The average molecular weight is 297 g/mol. The quantitative estimate of drug-likeness (QED) is 0.947. The van der Waals surface area contributed by atoms with Crippen molar-refractivity contribution in [1.29, 1.82) is 0 Å². The van der Waals surface area contributed by atoms with Gasteiger partial charge >= 0.3 is 0 Å². The van der Waals surface area contributed by atoms with Crippen LogP contribution in [-0.2, 0) is 11.2 Å². The highest BCUT2D eigenvalue weighted by Crippen LogP contribution is 2.37. The molecule has 114 valence electrons. The van der Waals surface area contributed by atoms with Gasteiger partial charge in [-0.2, -0.15) is 0 Å². The molecule has 0 bridgehead atoms. The summed E-state index contributed by atoms with van der Waals surface area (Å²) in [6.07, 6.45) is -0.0393. The summed E-state index contributed by atoms with van der Waals surface area (Å²) < 4.78 is 5.85. The van der Waals surface area contributed by atoms with E-state index in [2.05, 4.69) is 6.07 Å². The number of phenols is 1. The molecule has 0 radical (unpaired) electrons. The third kappa shape index (κ3) is 2.64. The molecule has 1 unspecified atom stereocenters. The van der Waals surface area contributed by atoms with Crippen LogP contribution >= 0.6 is 0 Å². The number of benzene rings is 2. The number of likely N-dealkylation sites (N-methyl/N-ethyl adjacent to an activating group) is 1. The predicted molar refractivity (Wildman–Crippen MR) is 85.4 cm³/mol. The second-order valence-corrected chi connectivity index (χ2v) is 5.53. The number of carbonyl (C=O) groups excluding carboxylic acids is 1. The minimum atomic E-state index is -0.559. The van der Waals surface area contributed by atoms with Crippen LogP contribution in [0.5, 0.6) is 11.5 Å². The normalized spacial score (nSPS) is 17.1. The first kappa shape index (κ1) is 14.4. The Morgan fingerprint density at radius 2 is 2.05 bits per heavy atom. The maximum atomic E-state index is 12.6. The Bertz CT molecular complexity index is 711. The summed E-state index contributed by atoms with van der Waals surface area (Å²) in [6.45, 7) is 4.53. The second kappa shape index (κ2) is 5.72. The molecule has 4 nitrogen and oxygen atoms in total. The summed E-state index contributed by atoms with van der Waals surface area (Å²) >= 11 is 0. The Labute approximate surface area is 130 Å². The topological polar surface area (TPSA) is 49.8 Å². The lowest BCUT2D eigenvalue weighted by Gasteiger charge is -2.34. The number of fused-ring (bicyclic) bond motifs is 1. The van der Waals surface area contributed by atoms with Gasteiger partial charge in [0.2, 0.25) is 0 Å². The molecule has 1 aliphatic heterocycles. The first-order valence-electron chi connectivity index (χ1n) is 7.45. The molecule has 4 heteroatoms. The highest BCUT2D eigenvalue weighted by molar-refractivity contribution is 6.00. The number of ether oxygens (including phenoxy) is 1. The van der Waals surface area contributed by atoms with Crippen molar-refractivity contribution in [3.63, 3.8) is 0 Å². The zero-order valence-corrected chi connectivity index (χ0v) is 12.7. The minimum absolute atomic E-state index is 0.0396. The van der Waals surface area contributed by atoms with Crippen LogP contribution in [-0.4, -0.2) is 23.7 Å². The molecule has 2 aromatic carbocycles. The molecule has 3 rings (SSSR count). The van der Waals surface area contributed by atoms with Gasteiger partial charge in [-0.3, -0.25) is 4.79 Å². The number of nitrogens with zero attached hydrogens (tertiary/aromatic N) is 1. The number of aromatic hydroxyl groups is 1. The lowest BCUT2D eigenvalue weighted by atomic mass is 10.0. The van der Waals surface area contributed by atoms with Gasteiger partial charge < -0.3 is 14.7 Å². The Morgan fingerprint density at radius 3 is 2.77 bits per heavy atom. The average Bonchev–Trinajstić information content (AvgIpc) is 2.48. The number of aryl methyl sites for hydroxylation is 1. The summed E-state index contributed by atoms with van der Waals surface area (Å²) in [6, 6.07) is 12.9. The van der Waals surface area contributed by atoms with E-state index in [9.17, 15) is 9.90 Å². The number of hydrogen-bond donors (Lipinski definition) is 1. The van der Waals surface area contributed by atoms with Gasteiger partial charge in [0.05, 0.1) is 5.69 Å². The van der Waals surface area contributed by atoms with E-state index in [4.69, 9.17) is 4.74 Å². The van der Waals surface area contributed by atoms with Crippen LogP contribution < -0.4 is 9.64 Å². The Hall–Kier alpha value is -2.49. The summed E-state index contributed by atoms with van der Waals surface area (Å²) in [5.74, 6) is 0.653. The Balaban J connectivity index is 1.92. The highest BCUT2D eigenvalue weighted by Gasteiger charge is 2.33. The first-order chi connectivity index (χ1) is 10.6. The third-order valence-electron chi connectivity index (χ3n) is 3.86. The molecule has 22 heavy (non-hydrogen) atoms. The SMILES string of the molecule is CCN1C(=O)C(Cc2cccc(C)c2)Oc2cc(O)ccc21. The zero-order valence-electron chi connectivity index (χ0n) is 12.7. The van der Waals surface area contributed by atoms with Gasteiger partial charge in [0.25, 0.3) is 5.91 Å². The fourth-order valence-electron chi connectivity index (χ4n) is 2.82. The van der Waals surface area contributed by atoms with Crippen LogP contribution in [0.4, 0.5) is 5.69 Å². The van der Waals surface area contributed by atoms with Crippen LogP contribution in [0, 0.1) is 6.92 Å². The summed E-state index contributed by atoms with van der Waals surface area (Å²) in [7, 11) is 0. The van der Waals surface area contributed by atoms with Gasteiger partial charge in [-0.1, -0.05) is 29.8 Å². The number of hydrogen-bond acceptors (Lipinski definition) is 3. The van der Waals surface area contributed by atoms with Gasteiger partial charge in [-0.15, -0.1) is 0 Å². The molecule has 0 aliphatic carbocycles. The number of rotatable bonds is 3. The third-order valence-corrected chi connectivity index (χ3v) is 3.86. The molecule has 1 atom stereocenters. The molecule has 1 amide bonds. The summed E-state index contributed by atoms with van der Waals surface area (Å²) in [5.41, 5.74) is 2.94. The van der Waals surface area contributed by atoms with Gasteiger partial charge in [0.15, 0.2) is 6.10 Å². The van der Waals surface area contributed by atoms with Crippen molar-refractivity contribution in [2.24, 2.45) is 0 Å². The maximum Gasteiger partial charge on any atom is 0.268 e. The lowest BCUT2D eigenvalue weighted by molar-refractivity contribution is -0.126. The molecule has 0 fully saturated rings. The van der Waals surface area contributed by atoms with E-state index in [1.165, 1.54) is 0 Å². The molecule has 0 saturated heterocycles. The van der Waals surface area contributed by atoms with E-state index < -0.39 is 6.10 Å². The molecule has 1 N–H and O–H groups in total. The summed E-state index contributed by atoms with van der Waals surface area (Å²) in [5, 5.41) is 9.64. The molecule has 0 aromatic heterocycles.